The zero-order valence-corrected chi connectivity index (χ0v) is 15.4. The van der Waals surface area contributed by atoms with Crippen LogP contribution in [-0.2, 0) is 17.9 Å². The Bertz CT molecular complexity index is 995. The number of benzene rings is 2. The van der Waals surface area contributed by atoms with E-state index in [-0.39, 0.29) is 17.8 Å². The van der Waals surface area contributed by atoms with Gasteiger partial charge in [-0.25, -0.2) is 4.39 Å². The zero-order valence-electron chi connectivity index (χ0n) is 15.4. The number of aromatic nitrogens is 1. The first-order valence-electron chi connectivity index (χ1n) is 9.17. The topological polar surface area (TPSA) is 69.0 Å². The molecule has 3 aromatic rings. The van der Waals surface area contributed by atoms with Crippen molar-refractivity contribution >= 4 is 22.5 Å². The highest BCUT2D eigenvalue weighted by Crippen LogP contribution is 2.30. The van der Waals surface area contributed by atoms with Gasteiger partial charge in [-0.3, -0.25) is 4.79 Å². The second-order valence-corrected chi connectivity index (χ2v) is 7.26. The van der Waals surface area contributed by atoms with Crippen LogP contribution in [0.1, 0.15) is 36.6 Å². The summed E-state index contributed by atoms with van der Waals surface area (Å²) in [5.41, 5.74) is 4.61. The number of amides is 1. The summed E-state index contributed by atoms with van der Waals surface area (Å²) in [5.74, 6) is -0.557. The van der Waals surface area contributed by atoms with Crippen molar-refractivity contribution in [2.45, 2.75) is 39.0 Å². The van der Waals surface area contributed by atoms with Gasteiger partial charge in [-0.1, -0.05) is 6.07 Å². The number of hydrogen-bond acceptors (Lipinski definition) is 3. The lowest BCUT2D eigenvalue weighted by Crippen LogP contribution is -2.37. The number of carbonyl (C=O) groups excluding carboxylic acids is 1. The molecule has 0 aliphatic carbocycles. The van der Waals surface area contributed by atoms with Gasteiger partial charge in [0.25, 0.3) is 0 Å². The first-order chi connectivity index (χ1) is 13.0. The highest BCUT2D eigenvalue weighted by molar-refractivity contribution is 5.93. The quantitative estimate of drug-likeness (QED) is 0.558. The van der Waals surface area contributed by atoms with E-state index in [1.165, 1.54) is 23.3 Å². The molecule has 140 valence electrons. The molecule has 0 spiro atoms. The molecule has 1 aliphatic heterocycles. The Morgan fingerprint density at radius 1 is 1.11 bits per heavy atom. The Labute approximate surface area is 157 Å². The van der Waals surface area contributed by atoms with Gasteiger partial charge in [0.2, 0.25) is 5.91 Å². The van der Waals surface area contributed by atoms with Crippen LogP contribution in [0, 0.1) is 5.82 Å². The van der Waals surface area contributed by atoms with Gasteiger partial charge >= 0.3 is 0 Å². The molecule has 1 amide bonds. The maximum absolute atomic E-state index is 14.2. The molecule has 0 unspecified atom stereocenters. The predicted octanol–water partition coefficient (Wildman–Crippen LogP) is 3.59. The fourth-order valence-corrected chi connectivity index (χ4v) is 3.60. The maximum atomic E-state index is 14.2. The Morgan fingerprint density at radius 2 is 1.93 bits per heavy atom. The monoisotopic (exact) mass is 366 g/mol. The van der Waals surface area contributed by atoms with Gasteiger partial charge in [-0.15, -0.1) is 0 Å². The molecule has 0 saturated heterocycles. The van der Waals surface area contributed by atoms with Crippen molar-refractivity contribution in [2.75, 3.05) is 5.32 Å². The second kappa shape index (κ2) is 7.04. The molecule has 5 nitrogen and oxygen atoms in total. The van der Waals surface area contributed by atoms with E-state index >= 15 is 0 Å². The standard InChI is InChI=1S/C21H23FN4O/c1-12(2)25-21(27)20(18-8-15(22)9-19-17(18)5-6-24-19)26-16-4-3-13-10-23-11-14(13)7-16/h3-9,12,20,23-24,26H,10-11H2,1-2H3,(H,25,27)/t20-/m1/s1. The maximum Gasteiger partial charge on any atom is 0.247 e. The molecular weight excluding hydrogens is 343 g/mol. The van der Waals surface area contributed by atoms with Crippen LogP contribution in [0.25, 0.3) is 10.9 Å². The van der Waals surface area contributed by atoms with Crippen LogP contribution in [0.4, 0.5) is 10.1 Å². The minimum absolute atomic E-state index is 0.0127. The largest absolute Gasteiger partial charge is 0.370 e. The summed E-state index contributed by atoms with van der Waals surface area (Å²) in [6, 6.07) is 10.1. The molecule has 1 atom stereocenters. The van der Waals surface area contributed by atoms with E-state index in [9.17, 15) is 9.18 Å². The van der Waals surface area contributed by atoms with Crippen LogP contribution >= 0.6 is 0 Å². The van der Waals surface area contributed by atoms with Gasteiger partial charge in [0.15, 0.2) is 0 Å². The third-order valence-corrected chi connectivity index (χ3v) is 4.82. The lowest BCUT2D eigenvalue weighted by atomic mass is 10.00. The Hall–Kier alpha value is -2.86. The van der Waals surface area contributed by atoms with Crippen LogP contribution in [0.15, 0.2) is 42.6 Å². The van der Waals surface area contributed by atoms with Crippen molar-refractivity contribution in [2.24, 2.45) is 0 Å². The molecule has 6 heteroatoms. The SMILES string of the molecule is CC(C)NC(=O)[C@H](Nc1ccc2c(c1)CNC2)c1cc(F)cc2[nH]ccc12. The number of hydrogen-bond donors (Lipinski definition) is 4. The fraction of sp³-hybridized carbons (Fsp3) is 0.286. The average molecular weight is 366 g/mol. The molecule has 0 bridgehead atoms. The van der Waals surface area contributed by atoms with Crippen LogP contribution in [-0.4, -0.2) is 16.9 Å². The number of carbonyl (C=O) groups is 1. The first-order valence-corrected chi connectivity index (χ1v) is 9.17. The number of rotatable bonds is 5. The van der Waals surface area contributed by atoms with E-state index < -0.39 is 6.04 Å². The van der Waals surface area contributed by atoms with Crippen molar-refractivity contribution in [3.63, 3.8) is 0 Å². The Balaban J connectivity index is 1.74. The Kier molecular flexibility index (Phi) is 4.58. The van der Waals surface area contributed by atoms with Gasteiger partial charge in [0, 0.05) is 41.9 Å². The van der Waals surface area contributed by atoms with Gasteiger partial charge in [0.1, 0.15) is 11.9 Å². The molecule has 4 N–H and O–H groups in total. The third-order valence-electron chi connectivity index (χ3n) is 4.82. The van der Waals surface area contributed by atoms with E-state index in [1.807, 2.05) is 26.0 Å². The smallest absolute Gasteiger partial charge is 0.247 e. The van der Waals surface area contributed by atoms with Crippen molar-refractivity contribution in [1.82, 2.24) is 15.6 Å². The number of H-pyrrole nitrogens is 1. The summed E-state index contributed by atoms with van der Waals surface area (Å²) < 4.78 is 14.2. The summed E-state index contributed by atoms with van der Waals surface area (Å²) in [7, 11) is 0. The second-order valence-electron chi connectivity index (χ2n) is 7.26. The molecule has 4 rings (SSSR count). The molecule has 0 fully saturated rings. The van der Waals surface area contributed by atoms with E-state index in [1.54, 1.807) is 6.20 Å². The van der Waals surface area contributed by atoms with Crippen molar-refractivity contribution in [3.05, 3.63) is 65.1 Å². The average Bonchev–Trinajstić information content (AvgIpc) is 3.26. The van der Waals surface area contributed by atoms with Crippen molar-refractivity contribution < 1.29 is 9.18 Å². The molecule has 0 saturated carbocycles. The third kappa shape index (κ3) is 3.53. The molecule has 2 aromatic carbocycles. The number of halogens is 1. The van der Waals surface area contributed by atoms with Crippen molar-refractivity contribution in [1.29, 1.82) is 0 Å². The lowest BCUT2D eigenvalue weighted by molar-refractivity contribution is -0.122. The minimum Gasteiger partial charge on any atom is -0.370 e. The summed E-state index contributed by atoms with van der Waals surface area (Å²) in [5, 5.41) is 10.4. The summed E-state index contributed by atoms with van der Waals surface area (Å²) >= 11 is 0. The normalized spacial score (nSPS) is 14.4. The van der Waals surface area contributed by atoms with E-state index in [0.29, 0.717) is 11.1 Å². The molecule has 1 aromatic heterocycles. The number of nitrogens with one attached hydrogen (secondary N) is 4. The van der Waals surface area contributed by atoms with Crippen LogP contribution < -0.4 is 16.0 Å². The summed E-state index contributed by atoms with van der Waals surface area (Å²) in [6.45, 7) is 5.50. The van der Waals surface area contributed by atoms with Crippen LogP contribution in [0.2, 0.25) is 0 Å². The Morgan fingerprint density at radius 3 is 2.74 bits per heavy atom. The minimum atomic E-state index is -0.700. The molecular formula is C21H23FN4O. The highest BCUT2D eigenvalue weighted by atomic mass is 19.1. The van der Waals surface area contributed by atoms with Gasteiger partial charge in [-0.2, -0.15) is 0 Å². The molecule has 27 heavy (non-hydrogen) atoms. The predicted molar refractivity (Wildman–Crippen MR) is 105 cm³/mol. The molecule has 2 heterocycles. The van der Waals surface area contributed by atoms with E-state index in [2.05, 4.69) is 33.1 Å². The fourth-order valence-electron chi connectivity index (χ4n) is 3.60. The van der Waals surface area contributed by atoms with Crippen LogP contribution in [0.3, 0.4) is 0 Å². The number of aromatic amines is 1. The van der Waals surface area contributed by atoms with Gasteiger partial charge in [-0.05, 0) is 60.9 Å². The summed E-state index contributed by atoms with van der Waals surface area (Å²) in [6.07, 6.45) is 1.76. The van der Waals surface area contributed by atoms with E-state index in [4.69, 9.17) is 0 Å². The molecule has 0 radical (unpaired) electrons. The zero-order chi connectivity index (χ0) is 19.0. The highest BCUT2D eigenvalue weighted by Gasteiger charge is 2.25. The lowest BCUT2D eigenvalue weighted by Gasteiger charge is -2.22. The number of fused-ring (bicyclic) bond motifs is 2. The summed E-state index contributed by atoms with van der Waals surface area (Å²) in [4.78, 5) is 16.0. The number of anilines is 1. The first kappa shape index (κ1) is 17.5. The van der Waals surface area contributed by atoms with E-state index in [0.717, 1.165) is 24.2 Å². The van der Waals surface area contributed by atoms with Gasteiger partial charge < -0.3 is 20.9 Å². The molecule has 1 aliphatic rings. The van der Waals surface area contributed by atoms with Crippen molar-refractivity contribution in [3.8, 4) is 0 Å². The van der Waals surface area contributed by atoms with Gasteiger partial charge in [0.05, 0.1) is 0 Å². The van der Waals surface area contributed by atoms with Crippen LogP contribution in [0.5, 0.6) is 0 Å².